The fourth-order valence-electron chi connectivity index (χ4n) is 3.50. The topological polar surface area (TPSA) is 32.6 Å². The number of aliphatic imine (C=N–C) groups is 1. The van der Waals surface area contributed by atoms with Crippen LogP contribution in [0, 0.1) is 18.7 Å². The molecule has 2 atom stereocenters. The predicted octanol–water partition coefficient (Wildman–Crippen LogP) is 7.02. The summed E-state index contributed by atoms with van der Waals surface area (Å²) < 4.78 is 56.1. The molecule has 2 nitrogen and oxygen atoms in total. The number of hydrogen-bond acceptors (Lipinski definition) is 2. The summed E-state index contributed by atoms with van der Waals surface area (Å²) in [6.45, 7) is 7.54. The summed E-state index contributed by atoms with van der Waals surface area (Å²) in [7, 11) is 0. The van der Waals surface area contributed by atoms with Crippen molar-refractivity contribution in [3.63, 3.8) is 0 Å². The quantitative estimate of drug-likeness (QED) is 0.359. The van der Waals surface area contributed by atoms with E-state index in [4.69, 9.17) is 0 Å². The highest BCUT2D eigenvalue weighted by atomic mass is 19.4. The number of aryl methyl sites for hydroxylation is 2. The number of nitrogens with zero attached hydrogens (tertiary/aromatic N) is 1. The van der Waals surface area contributed by atoms with Crippen molar-refractivity contribution in [1.82, 2.24) is 0 Å². The van der Waals surface area contributed by atoms with Gasteiger partial charge >= 0.3 is 6.18 Å². The molecule has 0 fully saturated rings. The smallest absolute Gasteiger partial charge is 0.372 e. The average Bonchev–Trinajstić information content (AvgIpc) is 2.69. The Bertz CT molecular complexity index is 891. The third-order valence-corrected chi connectivity index (χ3v) is 5.33. The second kappa shape index (κ2) is 9.73. The minimum Gasteiger partial charge on any atom is -0.372 e. The zero-order valence-electron chi connectivity index (χ0n) is 17.9. The first-order chi connectivity index (χ1) is 14.0. The molecule has 2 aromatic rings. The lowest BCUT2D eigenvalue weighted by Crippen LogP contribution is -2.44. The van der Waals surface area contributed by atoms with Gasteiger partial charge in [0, 0.05) is 17.3 Å². The van der Waals surface area contributed by atoms with Gasteiger partial charge in [-0.1, -0.05) is 51.8 Å². The summed E-state index contributed by atoms with van der Waals surface area (Å²) >= 11 is 0. The van der Waals surface area contributed by atoms with Crippen LogP contribution < -0.4 is 0 Å². The van der Waals surface area contributed by atoms with Gasteiger partial charge in [-0.2, -0.15) is 13.2 Å². The van der Waals surface area contributed by atoms with Gasteiger partial charge in [-0.25, -0.2) is 4.39 Å². The highest BCUT2D eigenvalue weighted by Gasteiger charge is 2.57. The van der Waals surface area contributed by atoms with Gasteiger partial charge in [0.1, 0.15) is 5.82 Å². The summed E-state index contributed by atoms with van der Waals surface area (Å²) in [6.07, 6.45) is 0.207. The standard InChI is InChI=1S/C24H29F4NO/c1-5-7-9-16(3)15-29-22-13-18(6-2)21(12-17(22)4)23(30,24(26,27)28)19-10-8-11-20(25)14-19/h8,10-16,30H,5-7,9H2,1-4H3/b29-15+. The maximum absolute atomic E-state index is 14.1. The lowest BCUT2D eigenvalue weighted by Gasteiger charge is -2.33. The van der Waals surface area contributed by atoms with Gasteiger partial charge in [-0.05, 0) is 55.0 Å². The number of benzene rings is 2. The maximum Gasteiger partial charge on any atom is 0.425 e. The summed E-state index contributed by atoms with van der Waals surface area (Å²) in [6, 6.07) is 6.93. The van der Waals surface area contributed by atoms with E-state index in [1.165, 1.54) is 6.07 Å². The van der Waals surface area contributed by atoms with Crippen molar-refractivity contribution in [3.8, 4) is 0 Å². The van der Waals surface area contributed by atoms with Crippen LogP contribution in [-0.4, -0.2) is 17.5 Å². The van der Waals surface area contributed by atoms with Crippen LogP contribution >= 0.6 is 0 Å². The number of rotatable bonds is 8. The Morgan fingerprint density at radius 3 is 2.40 bits per heavy atom. The summed E-state index contributed by atoms with van der Waals surface area (Å²) in [5, 5.41) is 10.9. The molecule has 164 valence electrons. The first-order valence-electron chi connectivity index (χ1n) is 10.3. The Kier molecular flexibility index (Phi) is 7.81. The van der Waals surface area contributed by atoms with E-state index in [-0.39, 0.29) is 17.9 Å². The molecule has 30 heavy (non-hydrogen) atoms. The van der Waals surface area contributed by atoms with Gasteiger partial charge in [0.2, 0.25) is 5.60 Å². The first kappa shape index (κ1) is 24.1. The lowest BCUT2D eigenvalue weighted by atomic mass is 9.81. The molecule has 0 saturated carbocycles. The molecule has 6 heteroatoms. The fourth-order valence-corrected chi connectivity index (χ4v) is 3.50. The van der Waals surface area contributed by atoms with E-state index in [2.05, 4.69) is 18.8 Å². The van der Waals surface area contributed by atoms with Crippen LogP contribution in [0.25, 0.3) is 0 Å². The number of halogens is 4. The lowest BCUT2D eigenvalue weighted by molar-refractivity contribution is -0.248. The average molecular weight is 423 g/mol. The van der Waals surface area contributed by atoms with Gasteiger partial charge in [0.15, 0.2) is 0 Å². The summed E-state index contributed by atoms with van der Waals surface area (Å²) in [5.41, 5.74) is -2.75. The van der Waals surface area contributed by atoms with Gasteiger partial charge in [-0.3, -0.25) is 4.99 Å². The largest absolute Gasteiger partial charge is 0.425 e. The molecule has 0 aliphatic heterocycles. The number of aliphatic hydroxyl groups is 1. The van der Waals surface area contributed by atoms with Crippen molar-refractivity contribution in [2.75, 3.05) is 0 Å². The molecule has 2 rings (SSSR count). The van der Waals surface area contributed by atoms with Crippen molar-refractivity contribution in [2.24, 2.45) is 10.9 Å². The van der Waals surface area contributed by atoms with Crippen LogP contribution in [0.2, 0.25) is 0 Å². The van der Waals surface area contributed by atoms with Crippen LogP contribution in [0.3, 0.4) is 0 Å². The van der Waals surface area contributed by atoms with E-state index in [1.54, 1.807) is 19.9 Å². The molecule has 0 aliphatic rings. The molecule has 1 N–H and O–H groups in total. The fraction of sp³-hybridized carbons (Fsp3) is 0.458. The number of hydrogen-bond donors (Lipinski definition) is 1. The van der Waals surface area contributed by atoms with Crippen LogP contribution in [0.1, 0.15) is 62.3 Å². The molecular formula is C24H29F4NO. The SMILES string of the molecule is CCCCC(C)/C=N/c1cc(CC)c(C(O)(c2cccc(F)c2)C(F)(F)F)cc1C. The molecule has 0 radical (unpaired) electrons. The van der Waals surface area contributed by atoms with Gasteiger partial charge in [0.25, 0.3) is 0 Å². The van der Waals surface area contributed by atoms with Crippen LogP contribution in [0.15, 0.2) is 41.4 Å². The zero-order chi connectivity index (χ0) is 22.5. The minimum atomic E-state index is -5.03. The molecule has 0 aliphatic carbocycles. The number of alkyl halides is 3. The highest BCUT2D eigenvalue weighted by Crippen LogP contribution is 2.46. The Morgan fingerprint density at radius 1 is 1.13 bits per heavy atom. The van der Waals surface area contributed by atoms with E-state index < -0.39 is 23.2 Å². The molecule has 0 saturated heterocycles. The van der Waals surface area contributed by atoms with E-state index in [9.17, 15) is 22.7 Å². The van der Waals surface area contributed by atoms with Crippen molar-refractivity contribution in [3.05, 3.63) is 64.5 Å². The van der Waals surface area contributed by atoms with Gasteiger partial charge in [-0.15, -0.1) is 0 Å². The second-order valence-electron chi connectivity index (χ2n) is 7.77. The Hall–Kier alpha value is -2.21. The molecule has 0 aromatic heterocycles. The maximum atomic E-state index is 14.1. The minimum absolute atomic E-state index is 0.258. The third-order valence-electron chi connectivity index (χ3n) is 5.33. The van der Waals surface area contributed by atoms with Crippen molar-refractivity contribution >= 4 is 11.9 Å². The van der Waals surface area contributed by atoms with Crippen molar-refractivity contribution in [2.45, 2.75) is 65.2 Å². The molecular weight excluding hydrogens is 394 g/mol. The van der Waals surface area contributed by atoms with Crippen LogP contribution in [-0.2, 0) is 12.0 Å². The number of unbranched alkanes of at least 4 members (excludes halogenated alkanes) is 1. The second-order valence-corrected chi connectivity index (χ2v) is 7.77. The van der Waals surface area contributed by atoms with Crippen molar-refractivity contribution in [1.29, 1.82) is 0 Å². The van der Waals surface area contributed by atoms with Crippen LogP contribution in [0.4, 0.5) is 23.2 Å². The molecule has 0 bridgehead atoms. The van der Waals surface area contributed by atoms with E-state index in [0.717, 1.165) is 43.5 Å². The third kappa shape index (κ3) is 5.09. The molecule has 0 spiro atoms. The predicted molar refractivity (Wildman–Crippen MR) is 113 cm³/mol. The van der Waals surface area contributed by atoms with Crippen LogP contribution in [0.5, 0.6) is 0 Å². The Morgan fingerprint density at radius 2 is 1.83 bits per heavy atom. The monoisotopic (exact) mass is 423 g/mol. The first-order valence-corrected chi connectivity index (χ1v) is 10.3. The van der Waals surface area contributed by atoms with Crippen molar-refractivity contribution < 1.29 is 22.7 Å². The zero-order valence-corrected chi connectivity index (χ0v) is 17.9. The molecule has 0 amide bonds. The summed E-state index contributed by atoms with van der Waals surface area (Å²) in [5.74, 6) is -0.583. The van der Waals surface area contributed by atoms with Gasteiger partial charge in [0.05, 0.1) is 5.69 Å². The van der Waals surface area contributed by atoms with E-state index >= 15 is 0 Å². The highest BCUT2D eigenvalue weighted by molar-refractivity contribution is 5.68. The molecule has 0 heterocycles. The van der Waals surface area contributed by atoms with Gasteiger partial charge < -0.3 is 5.11 Å². The Labute approximate surface area is 175 Å². The van der Waals surface area contributed by atoms with E-state index in [1.807, 2.05) is 6.21 Å². The van der Waals surface area contributed by atoms with E-state index in [0.29, 0.717) is 16.8 Å². The molecule has 2 unspecified atom stereocenters. The summed E-state index contributed by atoms with van der Waals surface area (Å²) in [4.78, 5) is 4.49. The normalized spacial score (nSPS) is 15.4. The Balaban J connectivity index is 2.59. The molecule has 2 aromatic carbocycles.